The van der Waals surface area contributed by atoms with Gasteiger partial charge in [-0.05, 0) is 63.1 Å². The molecular formula is C22H23NO4. The number of ether oxygens (including phenoxy) is 2. The Bertz CT molecular complexity index is 1020. The molecule has 0 atom stereocenters. The van der Waals surface area contributed by atoms with Gasteiger partial charge in [-0.2, -0.15) is 0 Å². The number of pyridine rings is 1. The average molecular weight is 365 g/mol. The molecule has 5 heteroatoms. The minimum absolute atomic E-state index is 0.254. The molecule has 0 amide bonds. The average Bonchev–Trinajstić information content (AvgIpc) is 2.99. The number of carbonyl (C=O) groups is 2. The second kappa shape index (κ2) is 7.66. The molecule has 0 aliphatic heterocycles. The first-order chi connectivity index (χ1) is 13.0. The molecule has 3 rings (SSSR count). The molecule has 1 aromatic carbocycles. The van der Waals surface area contributed by atoms with Crippen LogP contribution in [0.2, 0.25) is 0 Å². The third kappa shape index (κ3) is 3.21. The summed E-state index contributed by atoms with van der Waals surface area (Å²) < 4.78 is 12.9. The van der Waals surface area contributed by atoms with Crippen molar-refractivity contribution in [1.82, 2.24) is 4.40 Å². The molecule has 0 aliphatic rings. The summed E-state index contributed by atoms with van der Waals surface area (Å²) in [4.78, 5) is 24.8. The molecule has 0 bridgehead atoms. The van der Waals surface area contributed by atoms with Crippen molar-refractivity contribution < 1.29 is 19.1 Å². The Hall–Kier alpha value is -3.08. The number of esters is 1. The molecule has 0 fully saturated rings. The van der Waals surface area contributed by atoms with Crippen molar-refractivity contribution in [1.29, 1.82) is 0 Å². The smallest absolute Gasteiger partial charge is 0.340 e. The predicted octanol–water partition coefficient (Wildman–Crippen LogP) is 4.61. The number of nitrogens with zero attached hydrogens (tertiary/aromatic N) is 1. The summed E-state index contributed by atoms with van der Waals surface area (Å²) in [5.41, 5.74) is 4.80. The molecule has 27 heavy (non-hydrogen) atoms. The van der Waals surface area contributed by atoms with Gasteiger partial charge < -0.3 is 13.9 Å². The summed E-state index contributed by atoms with van der Waals surface area (Å²) in [6.07, 6.45) is 2.54. The Kier molecular flexibility index (Phi) is 5.31. The summed E-state index contributed by atoms with van der Waals surface area (Å²) in [6, 6.07) is 9.37. The number of aromatic nitrogens is 1. The number of aryl methyl sites for hydroxylation is 2. The Balaban J connectivity index is 2.44. The zero-order valence-electron chi connectivity index (χ0n) is 16.0. The number of rotatable bonds is 6. The van der Waals surface area contributed by atoms with Gasteiger partial charge in [0.2, 0.25) is 0 Å². The van der Waals surface area contributed by atoms with E-state index >= 15 is 0 Å². The Morgan fingerprint density at radius 2 is 1.85 bits per heavy atom. The quantitative estimate of drug-likeness (QED) is 0.473. The van der Waals surface area contributed by atoms with Gasteiger partial charge in [0.05, 0.1) is 30.0 Å². The molecule has 0 unspecified atom stereocenters. The summed E-state index contributed by atoms with van der Waals surface area (Å²) in [5, 5.41) is 0. The first-order valence-corrected chi connectivity index (χ1v) is 9.03. The monoisotopic (exact) mass is 365 g/mol. The van der Waals surface area contributed by atoms with Crippen LogP contribution in [0.4, 0.5) is 0 Å². The molecule has 140 valence electrons. The molecular weight excluding hydrogens is 342 g/mol. The second-order valence-corrected chi connectivity index (χ2v) is 6.30. The van der Waals surface area contributed by atoms with Crippen LogP contribution in [0, 0.1) is 13.8 Å². The molecule has 2 heterocycles. The summed E-state index contributed by atoms with van der Waals surface area (Å²) in [6.45, 7) is 8.40. The minimum atomic E-state index is -0.454. The second-order valence-electron chi connectivity index (χ2n) is 6.30. The zero-order chi connectivity index (χ0) is 19.6. The number of hydrogen-bond acceptors (Lipinski definition) is 4. The van der Waals surface area contributed by atoms with Crippen LogP contribution in [-0.4, -0.2) is 29.9 Å². The third-order valence-corrected chi connectivity index (χ3v) is 4.64. The van der Waals surface area contributed by atoms with E-state index in [1.807, 2.05) is 51.1 Å². The number of carbonyl (C=O) groups excluding carboxylic acids is 2. The number of fused-ring (bicyclic) bond motifs is 1. The van der Waals surface area contributed by atoms with E-state index in [-0.39, 0.29) is 6.61 Å². The predicted molar refractivity (Wildman–Crippen MR) is 105 cm³/mol. The number of hydrogen-bond donors (Lipinski definition) is 0. The van der Waals surface area contributed by atoms with Crippen molar-refractivity contribution >= 4 is 17.8 Å². The van der Waals surface area contributed by atoms with E-state index in [4.69, 9.17) is 9.47 Å². The van der Waals surface area contributed by atoms with Gasteiger partial charge in [-0.1, -0.05) is 6.07 Å². The molecule has 0 saturated heterocycles. The summed E-state index contributed by atoms with van der Waals surface area (Å²) in [5.74, 6) is 0.190. The molecule has 0 N–H and O–H groups in total. The van der Waals surface area contributed by atoms with E-state index in [0.29, 0.717) is 40.3 Å². The van der Waals surface area contributed by atoms with Gasteiger partial charge in [-0.3, -0.25) is 4.79 Å². The number of aldehydes is 1. The lowest BCUT2D eigenvalue weighted by atomic mass is 9.96. The van der Waals surface area contributed by atoms with Crippen LogP contribution in [0.3, 0.4) is 0 Å². The van der Waals surface area contributed by atoms with Crippen LogP contribution in [0.15, 0.2) is 36.5 Å². The van der Waals surface area contributed by atoms with Crippen molar-refractivity contribution in [2.45, 2.75) is 27.7 Å². The van der Waals surface area contributed by atoms with Gasteiger partial charge in [-0.25, -0.2) is 4.79 Å². The molecule has 0 aliphatic carbocycles. The highest BCUT2D eigenvalue weighted by Crippen LogP contribution is 2.39. The van der Waals surface area contributed by atoms with Gasteiger partial charge in [0.1, 0.15) is 5.75 Å². The standard InChI is InChI=1S/C22H23NO4/c1-5-26-19-12-15(4)14(3)11-16(19)20-18(13-24)23-10-8-7-9-17(23)21(20)22(25)27-6-2/h7-13H,5-6H2,1-4H3. The molecule has 0 radical (unpaired) electrons. The SMILES string of the molecule is CCOC(=O)c1c(-c2cc(C)c(C)cc2OCC)c(C=O)n2ccccc12. The van der Waals surface area contributed by atoms with Crippen LogP contribution in [0.25, 0.3) is 16.6 Å². The highest BCUT2D eigenvalue weighted by atomic mass is 16.5. The fourth-order valence-corrected chi connectivity index (χ4v) is 3.29. The fraction of sp³-hybridized carbons (Fsp3) is 0.273. The van der Waals surface area contributed by atoms with Gasteiger partial charge in [-0.15, -0.1) is 0 Å². The summed E-state index contributed by atoms with van der Waals surface area (Å²) in [7, 11) is 0. The summed E-state index contributed by atoms with van der Waals surface area (Å²) >= 11 is 0. The first-order valence-electron chi connectivity index (χ1n) is 9.03. The topological polar surface area (TPSA) is 57.0 Å². The van der Waals surface area contributed by atoms with E-state index in [2.05, 4.69) is 0 Å². The van der Waals surface area contributed by atoms with E-state index in [9.17, 15) is 9.59 Å². The normalized spacial score (nSPS) is 10.8. The molecule has 0 spiro atoms. The van der Waals surface area contributed by atoms with E-state index < -0.39 is 5.97 Å². The van der Waals surface area contributed by atoms with Crippen molar-refractivity contribution in [3.05, 3.63) is 58.9 Å². The highest BCUT2D eigenvalue weighted by Gasteiger charge is 2.27. The van der Waals surface area contributed by atoms with Gasteiger partial charge in [0, 0.05) is 17.3 Å². The van der Waals surface area contributed by atoms with Crippen LogP contribution in [0.1, 0.15) is 45.8 Å². The van der Waals surface area contributed by atoms with E-state index in [1.165, 1.54) is 0 Å². The van der Waals surface area contributed by atoms with Crippen LogP contribution < -0.4 is 4.74 Å². The fourth-order valence-electron chi connectivity index (χ4n) is 3.29. The largest absolute Gasteiger partial charge is 0.493 e. The molecule has 5 nitrogen and oxygen atoms in total. The number of benzene rings is 1. The van der Waals surface area contributed by atoms with Gasteiger partial charge in [0.25, 0.3) is 0 Å². The lowest BCUT2D eigenvalue weighted by Crippen LogP contribution is -2.06. The highest BCUT2D eigenvalue weighted by molar-refractivity contribution is 6.10. The van der Waals surface area contributed by atoms with Crippen LogP contribution >= 0.6 is 0 Å². The molecule has 2 aromatic heterocycles. The maximum Gasteiger partial charge on any atom is 0.340 e. The Labute approximate surface area is 158 Å². The third-order valence-electron chi connectivity index (χ3n) is 4.64. The molecule has 0 saturated carbocycles. The van der Waals surface area contributed by atoms with E-state index in [1.54, 1.807) is 17.5 Å². The lowest BCUT2D eigenvalue weighted by Gasteiger charge is -2.14. The van der Waals surface area contributed by atoms with Crippen LogP contribution in [-0.2, 0) is 4.74 Å². The van der Waals surface area contributed by atoms with Gasteiger partial charge in [0.15, 0.2) is 6.29 Å². The van der Waals surface area contributed by atoms with Crippen molar-refractivity contribution in [3.8, 4) is 16.9 Å². The Morgan fingerprint density at radius 3 is 2.52 bits per heavy atom. The van der Waals surface area contributed by atoms with Gasteiger partial charge >= 0.3 is 5.97 Å². The first kappa shape index (κ1) is 18.7. The van der Waals surface area contributed by atoms with Crippen molar-refractivity contribution in [3.63, 3.8) is 0 Å². The maximum atomic E-state index is 12.8. The lowest BCUT2D eigenvalue weighted by molar-refractivity contribution is 0.0529. The molecule has 3 aromatic rings. The van der Waals surface area contributed by atoms with E-state index in [0.717, 1.165) is 17.4 Å². The minimum Gasteiger partial charge on any atom is -0.493 e. The zero-order valence-corrected chi connectivity index (χ0v) is 16.0. The van der Waals surface area contributed by atoms with Crippen molar-refractivity contribution in [2.75, 3.05) is 13.2 Å². The van der Waals surface area contributed by atoms with Crippen molar-refractivity contribution in [2.24, 2.45) is 0 Å². The Morgan fingerprint density at radius 1 is 1.11 bits per heavy atom. The maximum absolute atomic E-state index is 12.8. The van der Waals surface area contributed by atoms with Crippen LogP contribution in [0.5, 0.6) is 5.75 Å².